The molecule has 3 aromatic rings. The van der Waals surface area contributed by atoms with Crippen LogP contribution < -0.4 is 18.9 Å². The minimum atomic E-state index is -0.775. The van der Waals surface area contributed by atoms with Gasteiger partial charge in [0.2, 0.25) is 0 Å². The van der Waals surface area contributed by atoms with E-state index in [4.69, 9.17) is 40.0 Å². The molecule has 1 fully saturated rings. The first-order valence-electron chi connectivity index (χ1n) is 20.1. The van der Waals surface area contributed by atoms with Crippen molar-refractivity contribution in [2.24, 2.45) is 0 Å². The zero-order valence-electron chi connectivity index (χ0n) is 34.9. The summed E-state index contributed by atoms with van der Waals surface area (Å²) < 4.78 is 34.7. The Morgan fingerprint density at radius 2 is 1.45 bits per heavy atom. The summed E-state index contributed by atoms with van der Waals surface area (Å²) in [6.45, 7) is 7.37. The topological polar surface area (TPSA) is 130 Å². The van der Waals surface area contributed by atoms with Crippen molar-refractivity contribution in [3.8, 4) is 23.0 Å². The molecule has 0 spiro atoms. The first-order valence-corrected chi connectivity index (χ1v) is 20.5. The van der Waals surface area contributed by atoms with Crippen molar-refractivity contribution in [1.82, 2.24) is 0 Å². The van der Waals surface area contributed by atoms with Gasteiger partial charge in [-0.3, -0.25) is 0 Å². The average molecular weight is 825 g/mol. The number of benzene rings is 3. The predicted molar refractivity (Wildman–Crippen MR) is 221 cm³/mol. The number of carbonyl (C=O) groups is 2. The van der Waals surface area contributed by atoms with Crippen molar-refractivity contribution < 1.29 is 57.2 Å². The highest BCUT2D eigenvalue weighted by Crippen LogP contribution is 2.40. The molecular formula is C45H61ClN2O10+2. The lowest BCUT2D eigenvalue weighted by atomic mass is 9.84. The number of aliphatic hydroxyl groups excluding tert-OH is 2. The third-order valence-electron chi connectivity index (χ3n) is 11.9. The third-order valence-corrected chi connectivity index (χ3v) is 12.2. The summed E-state index contributed by atoms with van der Waals surface area (Å²) in [5.74, 6) is 1.31. The number of quaternary nitrogens is 2. The fourth-order valence-electron chi connectivity index (χ4n) is 8.89. The molecule has 5 rings (SSSR count). The van der Waals surface area contributed by atoms with Gasteiger partial charge in [-0.1, -0.05) is 23.7 Å². The van der Waals surface area contributed by atoms with Crippen LogP contribution in [0.1, 0.15) is 70.7 Å². The Hall–Kier alpha value is -4.33. The maximum Gasteiger partial charge on any atom is 0.350 e. The number of ether oxygens (including phenoxy) is 6. The van der Waals surface area contributed by atoms with E-state index in [1.54, 1.807) is 28.4 Å². The van der Waals surface area contributed by atoms with Gasteiger partial charge in [-0.25, -0.2) is 9.59 Å². The number of likely N-dealkylation sites (N-methyl/N-ethyl adjacent to an activating group) is 1. The summed E-state index contributed by atoms with van der Waals surface area (Å²) in [6, 6.07) is 14.2. The van der Waals surface area contributed by atoms with Gasteiger partial charge in [0, 0.05) is 55.7 Å². The van der Waals surface area contributed by atoms with Gasteiger partial charge < -0.3 is 47.6 Å². The number of aryl methyl sites for hydroxylation is 1. The fraction of sp³-hybridized carbons (Fsp3) is 0.511. The van der Waals surface area contributed by atoms with Gasteiger partial charge in [-0.15, -0.1) is 0 Å². The van der Waals surface area contributed by atoms with Crippen LogP contribution in [0.15, 0.2) is 53.6 Å². The lowest BCUT2D eigenvalue weighted by Gasteiger charge is -2.46. The molecule has 0 unspecified atom stereocenters. The third kappa shape index (κ3) is 10.8. The Kier molecular flexibility index (Phi) is 15.9. The SMILES string of the molecule is COc1ccc(C[C@@H]2c3cc(CO)c(CO)cc3CC[N@@+]2(C)CCCOC(=O)/C(Cl)=C/C(=O)OCCC[N+]2(Cc3cc(C)c(OC)c(OC)c3)CCCC2)cc1OC. The molecular weight excluding hydrogens is 764 g/mol. The minimum Gasteiger partial charge on any atom is -0.493 e. The molecule has 58 heavy (non-hydrogen) atoms. The summed E-state index contributed by atoms with van der Waals surface area (Å²) in [6.07, 6.45) is 5.99. The molecule has 0 saturated carbocycles. The van der Waals surface area contributed by atoms with E-state index in [0.717, 1.165) is 102 Å². The quantitative estimate of drug-likeness (QED) is 0.0597. The maximum absolute atomic E-state index is 12.8. The van der Waals surface area contributed by atoms with E-state index in [0.29, 0.717) is 47.4 Å². The smallest absolute Gasteiger partial charge is 0.350 e. The van der Waals surface area contributed by atoms with E-state index >= 15 is 0 Å². The molecule has 13 heteroatoms. The van der Waals surface area contributed by atoms with Crippen LogP contribution in [-0.4, -0.2) is 113 Å². The normalized spacial score (nSPS) is 18.6. The summed E-state index contributed by atoms with van der Waals surface area (Å²) in [7, 11) is 8.72. The number of aliphatic hydroxyl groups is 2. The van der Waals surface area contributed by atoms with Crippen LogP contribution in [0.5, 0.6) is 23.0 Å². The van der Waals surface area contributed by atoms with Gasteiger partial charge >= 0.3 is 11.9 Å². The Labute approximate surface area is 348 Å². The first-order chi connectivity index (χ1) is 27.9. The second-order valence-corrected chi connectivity index (χ2v) is 16.2. The molecule has 3 aromatic carbocycles. The molecule has 0 aromatic heterocycles. The van der Waals surface area contributed by atoms with Gasteiger partial charge in [0.15, 0.2) is 23.0 Å². The molecule has 1 saturated heterocycles. The zero-order valence-corrected chi connectivity index (χ0v) is 35.7. The second kappa shape index (κ2) is 20.6. The summed E-state index contributed by atoms with van der Waals surface area (Å²) in [5.41, 5.74) is 6.99. The number of methoxy groups -OCH3 is 4. The lowest BCUT2D eigenvalue weighted by Crippen LogP contribution is -2.52. The summed E-state index contributed by atoms with van der Waals surface area (Å²) in [4.78, 5) is 25.5. The van der Waals surface area contributed by atoms with E-state index in [1.807, 2.05) is 43.3 Å². The molecule has 0 bridgehead atoms. The summed E-state index contributed by atoms with van der Waals surface area (Å²) in [5, 5.41) is 19.8. The second-order valence-electron chi connectivity index (χ2n) is 15.8. The van der Waals surface area contributed by atoms with Crippen molar-refractivity contribution in [2.75, 3.05) is 81.4 Å². The maximum atomic E-state index is 12.8. The monoisotopic (exact) mass is 824 g/mol. The Balaban J connectivity index is 1.15. The standard InChI is InChI=1S/C45H61ClN2O10/c1-31-21-33(24-42(55-5)44(31)56-6)28-48(15-7-8-16-48)17-10-19-57-43(51)27-38(46)45(52)58-20-9-14-47(2)18-13-34-25-35(29-49)36(30-50)26-37(34)39(47)22-32-11-12-40(53-3)41(23-32)54-4/h11-12,21,23-27,39,49-50H,7-10,13-20,22,28-30H2,1-6H3/q+2/b38-27-/t39-,47-/m1/s1. The van der Waals surface area contributed by atoms with Crippen molar-refractivity contribution in [3.63, 3.8) is 0 Å². The number of esters is 2. The predicted octanol–water partition coefficient (Wildman–Crippen LogP) is 6.10. The van der Waals surface area contributed by atoms with Gasteiger partial charge in [-0.05, 0) is 65.1 Å². The highest BCUT2D eigenvalue weighted by molar-refractivity contribution is 6.42. The van der Waals surface area contributed by atoms with Gasteiger partial charge in [-0.2, -0.15) is 0 Å². The van der Waals surface area contributed by atoms with Crippen molar-refractivity contribution in [3.05, 3.63) is 92.5 Å². The summed E-state index contributed by atoms with van der Waals surface area (Å²) >= 11 is 6.24. The Morgan fingerprint density at radius 3 is 2.12 bits per heavy atom. The number of carbonyl (C=O) groups excluding carboxylic acids is 2. The van der Waals surface area contributed by atoms with Crippen LogP contribution in [0.4, 0.5) is 0 Å². The highest BCUT2D eigenvalue weighted by Gasteiger charge is 2.40. The number of rotatable bonds is 20. The van der Waals surface area contributed by atoms with Crippen LogP contribution >= 0.6 is 11.6 Å². The molecule has 2 aliphatic heterocycles. The van der Waals surface area contributed by atoms with E-state index in [2.05, 4.69) is 13.1 Å². The van der Waals surface area contributed by atoms with Gasteiger partial charge in [0.1, 0.15) is 17.6 Å². The first kappa shape index (κ1) is 44.8. The number of nitrogens with zero attached hydrogens (tertiary/aromatic N) is 2. The highest BCUT2D eigenvalue weighted by atomic mass is 35.5. The van der Waals surface area contributed by atoms with Crippen molar-refractivity contribution in [2.45, 2.75) is 71.2 Å². The molecule has 2 atom stereocenters. The van der Waals surface area contributed by atoms with E-state index in [1.165, 1.54) is 5.56 Å². The Morgan fingerprint density at radius 1 is 0.793 bits per heavy atom. The minimum absolute atomic E-state index is 0.00588. The molecule has 2 aliphatic rings. The van der Waals surface area contributed by atoms with Crippen LogP contribution in [-0.2, 0) is 51.7 Å². The van der Waals surface area contributed by atoms with E-state index < -0.39 is 11.9 Å². The van der Waals surface area contributed by atoms with Crippen LogP contribution in [0, 0.1) is 6.92 Å². The number of fused-ring (bicyclic) bond motifs is 1. The molecule has 0 aliphatic carbocycles. The van der Waals surface area contributed by atoms with Gasteiger partial charge in [0.25, 0.3) is 0 Å². The van der Waals surface area contributed by atoms with E-state index in [-0.39, 0.29) is 37.5 Å². The largest absolute Gasteiger partial charge is 0.493 e. The van der Waals surface area contributed by atoms with Crippen LogP contribution in [0.2, 0.25) is 0 Å². The van der Waals surface area contributed by atoms with Crippen LogP contribution in [0.3, 0.4) is 0 Å². The lowest BCUT2D eigenvalue weighted by molar-refractivity contribution is -0.941. The molecule has 2 heterocycles. The molecule has 12 nitrogen and oxygen atoms in total. The number of hydrogen-bond donors (Lipinski definition) is 2. The molecule has 0 radical (unpaired) electrons. The van der Waals surface area contributed by atoms with Crippen LogP contribution in [0.25, 0.3) is 0 Å². The van der Waals surface area contributed by atoms with Crippen molar-refractivity contribution in [1.29, 1.82) is 0 Å². The Bertz CT molecular complexity index is 1930. The average Bonchev–Trinajstić information content (AvgIpc) is 3.69. The molecule has 0 amide bonds. The fourth-order valence-corrected chi connectivity index (χ4v) is 9.03. The van der Waals surface area contributed by atoms with E-state index in [9.17, 15) is 19.8 Å². The van der Waals surface area contributed by atoms with Gasteiger partial charge in [0.05, 0.1) is 94.6 Å². The molecule has 2 N–H and O–H groups in total. The number of hydrogen-bond acceptors (Lipinski definition) is 10. The molecule has 316 valence electrons. The number of likely N-dealkylation sites (tertiary alicyclic amines) is 1. The number of halogens is 1. The van der Waals surface area contributed by atoms with Crippen molar-refractivity contribution >= 4 is 23.5 Å². The zero-order chi connectivity index (χ0) is 41.9.